The van der Waals surface area contributed by atoms with Crippen molar-refractivity contribution in [2.75, 3.05) is 6.61 Å². The van der Waals surface area contributed by atoms with E-state index in [2.05, 4.69) is 11.2 Å². The Labute approximate surface area is 146 Å². The van der Waals surface area contributed by atoms with E-state index in [4.69, 9.17) is 4.74 Å². The molecule has 1 aromatic carbocycles. The number of rotatable bonds is 6. The topological polar surface area (TPSA) is 78.3 Å². The lowest BCUT2D eigenvalue weighted by atomic mass is 9.99. The van der Waals surface area contributed by atoms with Gasteiger partial charge < -0.3 is 4.74 Å². The van der Waals surface area contributed by atoms with Gasteiger partial charge in [-0.15, -0.1) is 0 Å². The van der Waals surface area contributed by atoms with Crippen LogP contribution in [0.1, 0.15) is 30.0 Å². The van der Waals surface area contributed by atoms with Crippen molar-refractivity contribution < 1.29 is 14.3 Å². The first-order valence-electron chi connectivity index (χ1n) is 8.15. The van der Waals surface area contributed by atoms with Crippen LogP contribution in [0.3, 0.4) is 0 Å². The third-order valence-corrected chi connectivity index (χ3v) is 3.96. The smallest absolute Gasteiger partial charge is 0.313 e. The van der Waals surface area contributed by atoms with E-state index in [0.29, 0.717) is 5.69 Å². The van der Waals surface area contributed by atoms with Gasteiger partial charge in [-0.25, -0.2) is 4.68 Å². The van der Waals surface area contributed by atoms with Gasteiger partial charge in [0.05, 0.1) is 12.3 Å². The zero-order valence-electron chi connectivity index (χ0n) is 15.0. The molecule has 0 saturated carbocycles. The van der Waals surface area contributed by atoms with E-state index in [1.54, 1.807) is 13.0 Å². The number of carbonyl (C=O) groups is 2. The van der Waals surface area contributed by atoms with Crippen LogP contribution in [-0.2, 0) is 20.9 Å². The van der Waals surface area contributed by atoms with Crippen molar-refractivity contribution in [3.63, 3.8) is 0 Å². The van der Waals surface area contributed by atoms with Gasteiger partial charge in [-0.2, -0.15) is 5.10 Å². The standard InChI is InChI=1S/C19H22N2O4/c1-5-25-19(24)10-15(22)11-21-18(23)7-6-17(20-21)16-9-13(3)12(2)8-14(16)4/h6-9H,5,10-11H2,1-4H3. The second kappa shape index (κ2) is 7.88. The minimum absolute atomic E-state index is 0.214. The summed E-state index contributed by atoms with van der Waals surface area (Å²) in [6.07, 6.45) is -0.366. The van der Waals surface area contributed by atoms with Crippen molar-refractivity contribution in [1.82, 2.24) is 9.78 Å². The lowest BCUT2D eigenvalue weighted by Crippen LogP contribution is -2.27. The molecule has 1 heterocycles. The van der Waals surface area contributed by atoms with Crippen LogP contribution in [0.25, 0.3) is 11.3 Å². The van der Waals surface area contributed by atoms with Crippen LogP contribution in [-0.4, -0.2) is 28.1 Å². The molecule has 0 bridgehead atoms. The predicted octanol–water partition coefficient (Wildman–Crippen LogP) is 2.36. The van der Waals surface area contributed by atoms with E-state index in [9.17, 15) is 14.4 Å². The molecule has 2 aromatic rings. The first-order valence-corrected chi connectivity index (χ1v) is 8.15. The van der Waals surface area contributed by atoms with Crippen molar-refractivity contribution in [3.8, 4) is 11.3 Å². The Morgan fingerprint density at radius 3 is 2.44 bits per heavy atom. The van der Waals surface area contributed by atoms with Crippen LogP contribution in [0, 0.1) is 20.8 Å². The highest BCUT2D eigenvalue weighted by molar-refractivity contribution is 5.95. The van der Waals surface area contributed by atoms with Gasteiger partial charge in [-0.3, -0.25) is 14.4 Å². The molecular weight excluding hydrogens is 320 g/mol. The molecule has 0 spiro atoms. The van der Waals surface area contributed by atoms with Crippen molar-refractivity contribution in [1.29, 1.82) is 0 Å². The Balaban J connectivity index is 2.29. The highest BCUT2D eigenvalue weighted by atomic mass is 16.5. The number of carbonyl (C=O) groups excluding carboxylic acids is 2. The molecule has 0 radical (unpaired) electrons. The Morgan fingerprint density at radius 2 is 1.76 bits per heavy atom. The van der Waals surface area contributed by atoms with Crippen molar-refractivity contribution in [3.05, 3.63) is 51.3 Å². The van der Waals surface area contributed by atoms with Crippen molar-refractivity contribution in [2.24, 2.45) is 0 Å². The van der Waals surface area contributed by atoms with Crippen LogP contribution in [0.15, 0.2) is 29.1 Å². The zero-order chi connectivity index (χ0) is 18.6. The SMILES string of the molecule is CCOC(=O)CC(=O)Cn1nc(-c2cc(C)c(C)cc2C)ccc1=O. The second-order valence-corrected chi connectivity index (χ2v) is 5.99. The van der Waals surface area contributed by atoms with Gasteiger partial charge in [0.25, 0.3) is 5.56 Å². The molecule has 0 amide bonds. The van der Waals surface area contributed by atoms with Gasteiger partial charge in [-0.05, 0) is 56.5 Å². The second-order valence-electron chi connectivity index (χ2n) is 5.99. The van der Waals surface area contributed by atoms with E-state index >= 15 is 0 Å². The molecule has 6 nitrogen and oxygen atoms in total. The van der Waals surface area contributed by atoms with Gasteiger partial charge >= 0.3 is 5.97 Å². The molecule has 0 unspecified atom stereocenters. The van der Waals surface area contributed by atoms with Gasteiger partial charge in [0.1, 0.15) is 13.0 Å². The molecule has 0 fully saturated rings. The molecule has 1 aromatic heterocycles. The molecule has 0 N–H and O–H groups in total. The minimum Gasteiger partial charge on any atom is -0.466 e. The summed E-state index contributed by atoms with van der Waals surface area (Å²) in [5.74, 6) is -1.01. The number of hydrogen-bond acceptors (Lipinski definition) is 5. The van der Waals surface area contributed by atoms with E-state index in [0.717, 1.165) is 21.4 Å². The summed E-state index contributed by atoms with van der Waals surface area (Å²) >= 11 is 0. The Hall–Kier alpha value is -2.76. The van der Waals surface area contributed by atoms with Crippen molar-refractivity contribution in [2.45, 2.75) is 40.7 Å². The number of ketones is 1. The van der Waals surface area contributed by atoms with Crippen LogP contribution in [0.5, 0.6) is 0 Å². The first kappa shape index (κ1) is 18.6. The number of aryl methyl sites for hydroxylation is 3. The molecule has 25 heavy (non-hydrogen) atoms. The fourth-order valence-electron chi connectivity index (χ4n) is 2.54. The van der Waals surface area contributed by atoms with Crippen molar-refractivity contribution >= 4 is 11.8 Å². The average molecular weight is 342 g/mol. The molecule has 2 rings (SSSR count). The maximum atomic E-state index is 12.0. The molecule has 0 aliphatic heterocycles. The number of esters is 1. The Kier molecular flexibility index (Phi) is 5.85. The summed E-state index contributed by atoms with van der Waals surface area (Å²) < 4.78 is 5.83. The molecule has 0 aliphatic rings. The molecule has 132 valence electrons. The number of nitrogens with zero attached hydrogens (tertiary/aromatic N) is 2. The highest BCUT2D eigenvalue weighted by Crippen LogP contribution is 2.24. The maximum absolute atomic E-state index is 12.0. The Bertz CT molecular complexity index is 868. The van der Waals surface area contributed by atoms with Gasteiger partial charge in [0, 0.05) is 11.6 Å². The summed E-state index contributed by atoms with van der Waals surface area (Å²) in [4.78, 5) is 35.3. The summed E-state index contributed by atoms with van der Waals surface area (Å²) in [6, 6.07) is 7.11. The molecule has 0 saturated heterocycles. The number of ether oxygens (including phenoxy) is 1. The monoisotopic (exact) mass is 342 g/mol. The predicted molar refractivity (Wildman–Crippen MR) is 94.4 cm³/mol. The van der Waals surface area contributed by atoms with Gasteiger partial charge in [0.15, 0.2) is 5.78 Å². The van der Waals surface area contributed by atoms with Crippen LogP contribution in [0.2, 0.25) is 0 Å². The zero-order valence-corrected chi connectivity index (χ0v) is 15.0. The summed E-state index contributed by atoms with van der Waals surface area (Å²) in [5, 5.41) is 4.30. The first-order chi connectivity index (χ1) is 11.8. The van der Waals surface area contributed by atoms with Crippen LogP contribution in [0.4, 0.5) is 0 Å². The quantitative estimate of drug-likeness (QED) is 0.595. The van der Waals surface area contributed by atoms with Crippen LogP contribution < -0.4 is 5.56 Å². The normalized spacial score (nSPS) is 10.6. The number of hydrogen-bond donors (Lipinski definition) is 0. The number of benzene rings is 1. The minimum atomic E-state index is -0.596. The number of Topliss-reactive ketones (excluding diaryl/α,β-unsaturated/α-hetero) is 1. The van der Waals surface area contributed by atoms with E-state index in [1.807, 2.05) is 26.8 Å². The molecule has 0 aliphatic carbocycles. The van der Waals surface area contributed by atoms with E-state index < -0.39 is 11.8 Å². The maximum Gasteiger partial charge on any atom is 0.313 e. The van der Waals surface area contributed by atoms with Gasteiger partial charge in [0.2, 0.25) is 0 Å². The van der Waals surface area contributed by atoms with Crippen LogP contribution >= 0.6 is 0 Å². The lowest BCUT2D eigenvalue weighted by Gasteiger charge is -2.11. The van der Waals surface area contributed by atoms with Gasteiger partial charge in [-0.1, -0.05) is 6.07 Å². The summed E-state index contributed by atoms with van der Waals surface area (Å²) in [7, 11) is 0. The summed E-state index contributed by atoms with van der Waals surface area (Å²) in [5.41, 5.74) is 4.48. The van der Waals surface area contributed by atoms with E-state index in [-0.39, 0.29) is 25.1 Å². The molecule has 6 heteroatoms. The lowest BCUT2D eigenvalue weighted by molar-refractivity contribution is -0.145. The fraction of sp³-hybridized carbons (Fsp3) is 0.368. The molecule has 0 atom stereocenters. The largest absolute Gasteiger partial charge is 0.466 e. The average Bonchev–Trinajstić information content (AvgIpc) is 2.53. The molecular formula is C19H22N2O4. The summed E-state index contributed by atoms with van der Waals surface area (Å²) in [6.45, 7) is 7.65. The third-order valence-electron chi connectivity index (χ3n) is 3.96. The third kappa shape index (κ3) is 4.62. The van der Waals surface area contributed by atoms with E-state index in [1.165, 1.54) is 11.6 Å². The fourth-order valence-corrected chi connectivity index (χ4v) is 2.54. The number of aromatic nitrogens is 2. The highest BCUT2D eigenvalue weighted by Gasteiger charge is 2.14. The Morgan fingerprint density at radius 1 is 1.08 bits per heavy atom.